The van der Waals surface area contributed by atoms with Crippen molar-refractivity contribution in [1.29, 1.82) is 0 Å². The van der Waals surface area contributed by atoms with Crippen molar-refractivity contribution in [2.75, 3.05) is 0 Å². The second kappa shape index (κ2) is 4.55. The molecule has 0 N–H and O–H groups in total. The monoisotopic (exact) mass is 315 g/mol. The molecule has 2 aliphatic heterocycles. The first-order chi connectivity index (χ1) is 11.7. The minimum atomic E-state index is -0.163. The van der Waals surface area contributed by atoms with E-state index in [0.717, 1.165) is 0 Å². The zero-order valence-electron chi connectivity index (χ0n) is 12.5. The molecule has 6 nitrogen and oxygen atoms in total. The topological polar surface area (TPSA) is 66.8 Å². The number of pyridine rings is 1. The van der Waals surface area contributed by atoms with Gasteiger partial charge < -0.3 is 0 Å². The van der Waals surface area contributed by atoms with Crippen molar-refractivity contribution in [3.05, 3.63) is 64.6 Å². The lowest BCUT2D eigenvalue weighted by molar-refractivity contribution is -0.300. The van der Waals surface area contributed by atoms with Crippen LogP contribution in [0.1, 0.15) is 16.8 Å². The number of aromatic nitrogens is 2. The summed E-state index contributed by atoms with van der Waals surface area (Å²) in [6.07, 6.45) is 7.76. The predicted octanol–water partition coefficient (Wildman–Crippen LogP) is 2.07. The van der Waals surface area contributed by atoms with Crippen LogP contribution in [0.5, 0.6) is 0 Å². The molecule has 0 atom stereocenters. The fourth-order valence-corrected chi connectivity index (χ4v) is 3.11. The van der Waals surface area contributed by atoms with E-state index in [1.807, 2.05) is 18.2 Å². The summed E-state index contributed by atoms with van der Waals surface area (Å²) in [7, 11) is 0. The van der Waals surface area contributed by atoms with Gasteiger partial charge in [0.05, 0.1) is 23.5 Å². The van der Waals surface area contributed by atoms with Gasteiger partial charge in [-0.25, -0.2) is 9.78 Å². The number of hydrogen-bond acceptors (Lipinski definition) is 4. The molecule has 5 rings (SSSR count). The van der Waals surface area contributed by atoms with E-state index >= 15 is 0 Å². The first-order valence-electron chi connectivity index (χ1n) is 7.59. The summed E-state index contributed by atoms with van der Waals surface area (Å²) in [5, 5.41) is 0.457. The van der Waals surface area contributed by atoms with Crippen molar-refractivity contribution in [3.8, 4) is 0 Å². The van der Waals surface area contributed by atoms with Crippen molar-refractivity contribution < 1.29 is 9.37 Å². The molecule has 0 saturated heterocycles. The van der Waals surface area contributed by atoms with Gasteiger partial charge >= 0.3 is 11.7 Å². The summed E-state index contributed by atoms with van der Waals surface area (Å²) in [6.45, 7) is 0. The van der Waals surface area contributed by atoms with Gasteiger partial charge in [-0.1, -0.05) is 12.1 Å². The summed E-state index contributed by atoms with van der Waals surface area (Å²) >= 11 is 0. The first-order valence-corrected chi connectivity index (χ1v) is 7.59. The maximum atomic E-state index is 12.7. The Kier molecular flexibility index (Phi) is 2.48. The minimum Gasteiger partial charge on any atom is -0.268 e. The van der Waals surface area contributed by atoms with Gasteiger partial charge in [-0.3, -0.25) is 9.20 Å². The Hall–Kier alpha value is -3.41. The number of carbonyl (C=O) groups excluding carboxylic acids is 1. The highest BCUT2D eigenvalue weighted by Gasteiger charge is 2.34. The van der Waals surface area contributed by atoms with Crippen molar-refractivity contribution in [3.63, 3.8) is 0 Å². The molecular weight excluding hydrogens is 304 g/mol. The molecule has 2 aromatic heterocycles. The van der Waals surface area contributed by atoms with Gasteiger partial charge in [0.1, 0.15) is 11.2 Å². The van der Waals surface area contributed by atoms with Crippen molar-refractivity contribution in [1.82, 2.24) is 9.38 Å². The molecule has 2 aliphatic rings. The van der Waals surface area contributed by atoms with Crippen LogP contribution in [0.25, 0.3) is 16.6 Å². The number of carbonyl (C=O) groups is 1. The number of allylic oxidation sites excluding steroid dienone is 1. The molecule has 4 heterocycles. The van der Waals surface area contributed by atoms with Crippen LogP contribution >= 0.6 is 0 Å². The van der Waals surface area contributed by atoms with Crippen LogP contribution < -0.4 is 5.56 Å². The van der Waals surface area contributed by atoms with Gasteiger partial charge in [-0.05, 0) is 29.3 Å². The van der Waals surface area contributed by atoms with Crippen LogP contribution in [0.15, 0.2) is 58.5 Å². The number of benzene rings is 1. The van der Waals surface area contributed by atoms with E-state index in [1.54, 1.807) is 41.3 Å². The molecule has 0 spiro atoms. The molecule has 0 unspecified atom stereocenters. The van der Waals surface area contributed by atoms with E-state index in [2.05, 4.69) is 9.98 Å². The van der Waals surface area contributed by atoms with Gasteiger partial charge in [0.2, 0.25) is 0 Å². The zero-order valence-corrected chi connectivity index (χ0v) is 12.5. The van der Waals surface area contributed by atoms with E-state index in [4.69, 9.17) is 0 Å². The number of nitrogens with zero attached hydrogens (tertiary/aromatic N) is 4. The maximum Gasteiger partial charge on any atom is 0.350 e. The largest absolute Gasteiger partial charge is 0.350 e. The predicted molar refractivity (Wildman–Crippen MR) is 90.5 cm³/mol. The van der Waals surface area contributed by atoms with Gasteiger partial charge in [0.25, 0.3) is 5.56 Å². The Bertz CT molecular complexity index is 1210. The summed E-state index contributed by atoms with van der Waals surface area (Å²) in [6, 6.07) is 8.70. The summed E-state index contributed by atoms with van der Waals surface area (Å²) in [5.74, 6) is 0.527. The quantitative estimate of drug-likeness (QED) is 0.471. The smallest absolute Gasteiger partial charge is 0.268 e. The second-order valence-electron chi connectivity index (χ2n) is 5.72. The Balaban J connectivity index is 1.88. The molecule has 0 bridgehead atoms. The lowest BCUT2D eigenvalue weighted by Gasteiger charge is -2.12. The molecule has 114 valence electrons. The molecule has 6 heteroatoms. The molecule has 3 aromatic rings. The Morgan fingerprint density at radius 2 is 2.08 bits per heavy atom. The molecule has 0 fully saturated rings. The number of amides is 1. The Labute approximate surface area is 135 Å². The molecule has 0 radical (unpaired) electrons. The van der Waals surface area contributed by atoms with Crippen LogP contribution in [0.2, 0.25) is 0 Å². The normalized spacial score (nSPS) is 15.9. The van der Waals surface area contributed by atoms with Crippen LogP contribution in [0, 0.1) is 0 Å². The molecule has 24 heavy (non-hydrogen) atoms. The fraction of sp³-hybridized carbons (Fsp3) is 0.0556. The lowest BCUT2D eigenvalue weighted by atomic mass is 10.1. The van der Waals surface area contributed by atoms with Gasteiger partial charge in [-0.2, -0.15) is 4.58 Å². The number of amidine groups is 1. The standard InChI is InChI=1S/C18H11N4O2/c23-17-11-10-14-12(18(24)22-8-4-2-6-16(22)20-14)9-13(11)19-15-5-1-3-7-21(15)17/h1-5,7-10H,6H2/q+1. The molecule has 0 aliphatic carbocycles. The molecule has 1 amide bonds. The number of fused-ring (bicyclic) bond motifs is 4. The third-order valence-electron chi connectivity index (χ3n) is 4.29. The zero-order chi connectivity index (χ0) is 16.3. The second-order valence-corrected chi connectivity index (χ2v) is 5.72. The van der Waals surface area contributed by atoms with E-state index in [-0.39, 0.29) is 11.5 Å². The number of rotatable bonds is 0. The minimum absolute atomic E-state index is 0.142. The SMILES string of the molecule is O=C1c2cc3nc4ccccn4c(=O)c3cc2N=C2CC=CC=[N+]12. The first kappa shape index (κ1) is 13.1. The summed E-state index contributed by atoms with van der Waals surface area (Å²) in [4.78, 5) is 34.5. The third kappa shape index (κ3) is 1.68. The van der Waals surface area contributed by atoms with E-state index in [0.29, 0.717) is 40.1 Å². The van der Waals surface area contributed by atoms with Gasteiger partial charge in [0, 0.05) is 12.3 Å². The van der Waals surface area contributed by atoms with Crippen molar-refractivity contribution in [2.45, 2.75) is 6.42 Å². The van der Waals surface area contributed by atoms with E-state index in [9.17, 15) is 9.59 Å². The van der Waals surface area contributed by atoms with E-state index in [1.165, 1.54) is 4.40 Å². The van der Waals surface area contributed by atoms with Gasteiger partial charge in [0.15, 0.2) is 5.69 Å². The van der Waals surface area contributed by atoms with Crippen molar-refractivity contribution >= 4 is 40.2 Å². The maximum absolute atomic E-state index is 12.7. The average Bonchev–Trinajstić information content (AvgIpc) is 2.62. The highest BCUT2D eigenvalue weighted by molar-refractivity contribution is 6.09. The van der Waals surface area contributed by atoms with E-state index < -0.39 is 0 Å². The highest BCUT2D eigenvalue weighted by atomic mass is 16.2. The number of aliphatic imine (C=N–C) groups is 1. The lowest BCUT2D eigenvalue weighted by Crippen LogP contribution is -2.32. The van der Waals surface area contributed by atoms with Crippen LogP contribution in [0.3, 0.4) is 0 Å². The fourth-order valence-electron chi connectivity index (χ4n) is 3.11. The van der Waals surface area contributed by atoms with Gasteiger partial charge in [-0.15, -0.1) is 0 Å². The summed E-state index contributed by atoms with van der Waals surface area (Å²) in [5.41, 5.74) is 1.88. The molecule has 0 saturated carbocycles. The molecule has 1 aromatic carbocycles. The van der Waals surface area contributed by atoms with Crippen LogP contribution in [-0.4, -0.2) is 31.9 Å². The molecular formula is C18H11N4O2+. The number of hydrogen-bond donors (Lipinski definition) is 0. The Morgan fingerprint density at radius 1 is 1.17 bits per heavy atom. The van der Waals surface area contributed by atoms with Crippen LogP contribution in [-0.2, 0) is 0 Å². The van der Waals surface area contributed by atoms with Crippen molar-refractivity contribution in [2.24, 2.45) is 4.99 Å². The average molecular weight is 315 g/mol. The highest BCUT2D eigenvalue weighted by Crippen LogP contribution is 2.29. The Morgan fingerprint density at radius 3 is 3.00 bits per heavy atom. The summed E-state index contributed by atoms with van der Waals surface area (Å²) < 4.78 is 3.04. The van der Waals surface area contributed by atoms with Crippen LogP contribution in [0.4, 0.5) is 5.69 Å². The third-order valence-corrected chi connectivity index (χ3v) is 4.29.